The van der Waals surface area contributed by atoms with Gasteiger partial charge in [-0.15, -0.1) is 0 Å². The van der Waals surface area contributed by atoms with E-state index in [2.05, 4.69) is 21.8 Å². The van der Waals surface area contributed by atoms with E-state index >= 15 is 0 Å². The Morgan fingerprint density at radius 1 is 0.956 bits per heavy atom. The van der Waals surface area contributed by atoms with E-state index in [-0.39, 0.29) is 16.6 Å². The van der Waals surface area contributed by atoms with Gasteiger partial charge in [-0.25, -0.2) is 27.3 Å². The molecule has 7 rings (SSSR count). The highest BCUT2D eigenvalue weighted by Gasteiger charge is 2.26. The van der Waals surface area contributed by atoms with Crippen molar-refractivity contribution in [3.05, 3.63) is 72.9 Å². The van der Waals surface area contributed by atoms with Gasteiger partial charge >= 0.3 is 0 Å². The van der Waals surface area contributed by atoms with Crippen molar-refractivity contribution in [3.8, 4) is 28.3 Å². The summed E-state index contributed by atoms with van der Waals surface area (Å²) >= 11 is 0. The third kappa shape index (κ3) is 5.85. The summed E-state index contributed by atoms with van der Waals surface area (Å²) in [5.74, 6) is 0.595. The molecule has 4 aromatic heterocycles. The van der Waals surface area contributed by atoms with Crippen LogP contribution in [0.5, 0.6) is 5.88 Å². The first-order valence-corrected chi connectivity index (χ1v) is 17.0. The summed E-state index contributed by atoms with van der Waals surface area (Å²) in [6.45, 7) is 8.65. The first-order chi connectivity index (χ1) is 21.9. The minimum absolute atomic E-state index is 0.0842. The van der Waals surface area contributed by atoms with Gasteiger partial charge in [0.1, 0.15) is 11.6 Å². The van der Waals surface area contributed by atoms with Gasteiger partial charge in [-0.1, -0.05) is 25.1 Å². The zero-order valence-electron chi connectivity index (χ0n) is 25.5. The normalized spacial score (nSPS) is 17.2. The fourth-order valence-electron chi connectivity index (χ4n) is 6.16. The molecule has 2 fully saturated rings. The zero-order chi connectivity index (χ0) is 31.0. The number of ether oxygens (including phenoxy) is 2. The van der Waals surface area contributed by atoms with E-state index < -0.39 is 10.0 Å². The second-order valence-electron chi connectivity index (χ2n) is 11.7. The third-order valence-corrected chi connectivity index (χ3v) is 10.5. The van der Waals surface area contributed by atoms with Crippen LogP contribution in [0.3, 0.4) is 0 Å². The number of rotatable bonds is 8. The fourth-order valence-corrected chi connectivity index (χ4v) is 7.49. The quantitative estimate of drug-likeness (QED) is 0.231. The number of piperidine rings is 1. The molecule has 0 radical (unpaired) electrons. The van der Waals surface area contributed by atoms with E-state index in [9.17, 15) is 8.42 Å². The smallest absolute Gasteiger partial charge is 0.269 e. The number of fused-ring (bicyclic) bond motifs is 1. The Hall–Kier alpha value is -4.13. The van der Waals surface area contributed by atoms with Crippen molar-refractivity contribution in [2.24, 2.45) is 0 Å². The van der Waals surface area contributed by atoms with Crippen molar-refractivity contribution in [1.82, 2.24) is 33.6 Å². The molecule has 5 aromatic rings. The Kier molecular flexibility index (Phi) is 8.11. The Morgan fingerprint density at radius 3 is 2.47 bits per heavy atom. The highest BCUT2D eigenvalue weighted by Crippen LogP contribution is 2.34. The van der Waals surface area contributed by atoms with Crippen LogP contribution in [0.1, 0.15) is 44.2 Å². The molecule has 11 nitrogen and oxygen atoms in total. The molecule has 0 spiro atoms. The predicted molar refractivity (Wildman–Crippen MR) is 171 cm³/mol. The lowest BCUT2D eigenvalue weighted by molar-refractivity contribution is 0.0234. The van der Waals surface area contributed by atoms with E-state index in [1.54, 1.807) is 55.1 Å². The number of hydrogen-bond donors (Lipinski definition) is 0. The van der Waals surface area contributed by atoms with Gasteiger partial charge in [0.2, 0.25) is 5.88 Å². The molecular formula is C33H37N7O4S. The molecule has 2 aliphatic heterocycles. The molecule has 0 aliphatic carbocycles. The standard InChI is InChI=1S/C33H37N7O4S/c1-3-38-13-9-26(10-14-38)39-21-25(19-36-39)29-22-40(45(41,42)28-7-5-4-6-8-28)32-31(29)37-30(20-34-32)24-17-23(2)33(35-18-24)44-27-11-15-43-16-12-27/h4-8,17-22,26-27H,3,9-16H2,1-2H3. The molecule has 1 aromatic carbocycles. The van der Waals surface area contributed by atoms with Gasteiger partial charge in [0.05, 0.1) is 42.2 Å². The van der Waals surface area contributed by atoms with Crippen LogP contribution in [0.25, 0.3) is 33.5 Å². The topological polar surface area (TPSA) is 117 Å². The van der Waals surface area contributed by atoms with E-state index in [0.717, 1.165) is 62.0 Å². The summed E-state index contributed by atoms with van der Waals surface area (Å²) in [6, 6.07) is 10.7. The van der Waals surface area contributed by atoms with Crippen LogP contribution in [-0.2, 0) is 14.8 Å². The van der Waals surface area contributed by atoms with Crippen LogP contribution >= 0.6 is 0 Å². The second kappa shape index (κ2) is 12.3. The molecule has 0 saturated carbocycles. The molecule has 0 bridgehead atoms. The second-order valence-corrected chi connectivity index (χ2v) is 13.5. The van der Waals surface area contributed by atoms with Crippen molar-refractivity contribution >= 4 is 21.2 Å². The van der Waals surface area contributed by atoms with Gasteiger partial charge in [0, 0.05) is 66.8 Å². The van der Waals surface area contributed by atoms with Crippen molar-refractivity contribution in [3.63, 3.8) is 0 Å². The molecule has 0 amide bonds. The molecule has 2 aliphatic rings. The van der Waals surface area contributed by atoms with Gasteiger partial charge in [-0.3, -0.25) is 4.68 Å². The Morgan fingerprint density at radius 2 is 1.73 bits per heavy atom. The van der Waals surface area contributed by atoms with Gasteiger partial charge in [0.15, 0.2) is 5.65 Å². The van der Waals surface area contributed by atoms with Crippen LogP contribution in [0.15, 0.2) is 72.3 Å². The molecule has 2 saturated heterocycles. The summed E-state index contributed by atoms with van der Waals surface area (Å²) < 4.78 is 42.5. The minimum Gasteiger partial charge on any atom is -0.474 e. The van der Waals surface area contributed by atoms with Gasteiger partial charge in [0.25, 0.3) is 10.0 Å². The largest absolute Gasteiger partial charge is 0.474 e. The van der Waals surface area contributed by atoms with E-state index in [1.807, 2.05) is 23.9 Å². The Labute approximate surface area is 262 Å². The van der Waals surface area contributed by atoms with E-state index in [4.69, 9.17) is 19.6 Å². The molecule has 0 N–H and O–H groups in total. The number of aromatic nitrogens is 6. The number of benzene rings is 1. The van der Waals surface area contributed by atoms with Crippen LogP contribution in [-0.4, -0.2) is 81.0 Å². The van der Waals surface area contributed by atoms with E-state index in [0.29, 0.717) is 41.9 Å². The first kappa shape index (κ1) is 29.6. The number of hydrogen-bond acceptors (Lipinski definition) is 9. The number of aryl methyl sites for hydroxylation is 1. The summed E-state index contributed by atoms with van der Waals surface area (Å²) in [6.07, 6.45) is 12.5. The third-order valence-electron chi connectivity index (χ3n) is 8.83. The number of likely N-dealkylation sites (tertiary alicyclic amines) is 1. The summed E-state index contributed by atoms with van der Waals surface area (Å²) in [5.41, 5.74) is 4.43. The molecule has 0 atom stereocenters. The number of pyridine rings is 1. The monoisotopic (exact) mass is 627 g/mol. The average molecular weight is 628 g/mol. The van der Waals surface area contributed by atoms with Crippen molar-refractivity contribution in [2.75, 3.05) is 32.8 Å². The Bertz CT molecular complexity index is 1910. The van der Waals surface area contributed by atoms with Crippen LogP contribution in [0.2, 0.25) is 0 Å². The van der Waals surface area contributed by atoms with Crippen LogP contribution in [0.4, 0.5) is 0 Å². The van der Waals surface area contributed by atoms with Gasteiger partial charge in [-0.2, -0.15) is 5.10 Å². The Balaban J connectivity index is 1.28. The lowest BCUT2D eigenvalue weighted by Crippen LogP contribution is -2.34. The predicted octanol–water partition coefficient (Wildman–Crippen LogP) is 5.12. The number of nitrogens with zero attached hydrogens (tertiary/aromatic N) is 7. The highest BCUT2D eigenvalue weighted by atomic mass is 32.2. The molecular weight excluding hydrogens is 590 g/mol. The van der Waals surface area contributed by atoms with Crippen LogP contribution < -0.4 is 4.74 Å². The lowest BCUT2D eigenvalue weighted by atomic mass is 10.1. The molecule has 45 heavy (non-hydrogen) atoms. The minimum atomic E-state index is -3.94. The maximum Gasteiger partial charge on any atom is 0.269 e. The summed E-state index contributed by atoms with van der Waals surface area (Å²) in [5, 5.41) is 4.71. The molecule has 12 heteroatoms. The average Bonchev–Trinajstić information content (AvgIpc) is 3.72. The van der Waals surface area contributed by atoms with Crippen LogP contribution in [0, 0.1) is 6.92 Å². The maximum absolute atomic E-state index is 13.8. The molecule has 6 heterocycles. The van der Waals surface area contributed by atoms with Crippen molar-refractivity contribution < 1.29 is 17.9 Å². The fraction of sp³-hybridized carbons (Fsp3) is 0.394. The van der Waals surface area contributed by atoms with Gasteiger partial charge < -0.3 is 14.4 Å². The van der Waals surface area contributed by atoms with Gasteiger partial charge in [-0.05, 0) is 44.5 Å². The van der Waals surface area contributed by atoms with E-state index in [1.165, 1.54) is 3.97 Å². The lowest BCUT2D eigenvalue weighted by Gasteiger charge is -2.31. The van der Waals surface area contributed by atoms with Crippen molar-refractivity contribution in [2.45, 2.75) is 56.6 Å². The SMILES string of the molecule is CCN1CCC(n2cc(-c3cn(S(=O)(=O)c4ccccc4)c4ncc(-c5cnc(OC6CCOCC6)c(C)c5)nc34)cn2)CC1. The molecule has 234 valence electrons. The van der Waals surface area contributed by atoms with Crippen molar-refractivity contribution in [1.29, 1.82) is 0 Å². The summed E-state index contributed by atoms with van der Waals surface area (Å²) in [4.78, 5) is 16.9. The highest BCUT2D eigenvalue weighted by molar-refractivity contribution is 7.90. The maximum atomic E-state index is 13.8. The summed E-state index contributed by atoms with van der Waals surface area (Å²) in [7, 11) is -3.94. The molecule has 0 unspecified atom stereocenters. The first-order valence-electron chi connectivity index (χ1n) is 15.6. The zero-order valence-corrected chi connectivity index (χ0v) is 26.4.